The van der Waals surface area contributed by atoms with Gasteiger partial charge in [0.1, 0.15) is 0 Å². The molecule has 2 fully saturated rings. The van der Waals surface area contributed by atoms with Crippen LogP contribution in [0, 0.1) is 5.41 Å². The van der Waals surface area contributed by atoms with E-state index in [9.17, 15) is 13.2 Å². The molecule has 1 aromatic rings. The summed E-state index contributed by atoms with van der Waals surface area (Å²) in [5.74, 6) is -0.164. The van der Waals surface area contributed by atoms with E-state index in [1.165, 1.54) is 4.31 Å². The monoisotopic (exact) mass is 411 g/mol. The molecule has 2 heterocycles. The molecule has 0 aromatic heterocycles. The largest absolute Gasteiger partial charge is 0.379 e. The summed E-state index contributed by atoms with van der Waals surface area (Å²) in [6.45, 7) is 9.48. The van der Waals surface area contributed by atoms with Gasteiger partial charge in [-0.05, 0) is 18.2 Å². The lowest BCUT2D eigenvalue weighted by Gasteiger charge is -2.32. The van der Waals surface area contributed by atoms with Crippen LogP contribution in [0.4, 0.5) is 11.4 Å². The number of ether oxygens (including phenoxy) is 2. The summed E-state index contributed by atoms with van der Waals surface area (Å²) in [5.41, 5.74) is 0.722. The molecule has 28 heavy (non-hydrogen) atoms. The Morgan fingerprint density at radius 3 is 2.14 bits per heavy atom. The van der Waals surface area contributed by atoms with Gasteiger partial charge in [-0.15, -0.1) is 0 Å². The van der Waals surface area contributed by atoms with E-state index in [4.69, 9.17) is 9.47 Å². The minimum Gasteiger partial charge on any atom is -0.379 e. The number of nitrogens with zero attached hydrogens (tertiary/aromatic N) is 2. The molecule has 1 N–H and O–H groups in total. The number of nitrogens with one attached hydrogen (secondary N) is 1. The van der Waals surface area contributed by atoms with Crippen molar-refractivity contribution in [1.29, 1.82) is 0 Å². The molecule has 9 heteroatoms. The van der Waals surface area contributed by atoms with E-state index in [2.05, 4.69) is 10.2 Å². The van der Waals surface area contributed by atoms with E-state index in [-0.39, 0.29) is 10.8 Å². The number of sulfonamides is 1. The molecule has 0 saturated carbocycles. The maximum atomic E-state index is 13.0. The Kier molecular flexibility index (Phi) is 6.28. The first-order chi connectivity index (χ1) is 13.2. The molecule has 0 bridgehead atoms. The Morgan fingerprint density at radius 2 is 1.57 bits per heavy atom. The highest BCUT2D eigenvalue weighted by molar-refractivity contribution is 7.89. The highest BCUT2D eigenvalue weighted by Gasteiger charge is 2.29. The summed E-state index contributed by atoms with van der Waals surface area (Å²) in [6.07, 6.45) is 0. The number of hydrogen-bond acceptors (Lipinski definition) is 6. The standard InChI is InChI=1S/C19H29N3O5S/c1-19(2,3)18(23)20-16-14-15(28(24,25)22-8-12-27-13-9-22)4-5-17(16)21-6-10-26-11-7-21/h4-5,14H,6-13H2,1-3H3,(H,20,23). The van der Waals surface area contributed by atoms with Crippen LogP contribution in [0.2, 0.25) is 0 Å². The lowest BCUT2D eigenvalue weighted by molar-refractivity contribution is -0.123. The second kappa shape index (κ2) is 8.36. The minimum absolute atomic E-state index is 0.164. The van der Waals surface area contributed by atoms with E-state index in [1.807, 2.05) is 20.8 Å². The van der Waals surface area contributed by atoms with Crippen LogP contribution in [0.25, 0.3) is 0 Å². The zero-order valence-corrected chi connectivity index (χ0v) is 17.5. The average Bonchev–Trinajstić information content (AvgIpc) is 2.68. The minimum atomic E-state index is -3.64. The Labute approximate surface area is 166 Å². The smallest absolute Gasteiger partial charge is 0.243 e. The summed E-state index contributed by atoms with van der Waals surface area (Å²) < 4.78 is 38.2. The molecule has 2 aliphatic rings. The van der Waals surface area contributed by atoms with Gasteiger partial charge in [-0.2, -0.15) is 4.31 Å². The number of rotatable bonds is 4. The van der Waals surface area contributed by atoms with Gasteiger partial charge in [0.05, 0.1) is 42.7 Å². The van der Waals surface area contributed by atoms with Gasteiger partial charge < -0.3 is 19.7 Å². The zero-order chi connectivity index (χ0) is 20.4. The summed E-state index contributed by atoms with van der Waals surface area (Å²) in [4.78, 5) is 14.9. The molecule has 2 aliphatic heterocycles. The van der Waals surface area contributed by atoms with Crippen LogP contribution in [0.1, 0.15) is 20.8 Å². The fraction of sp³-hybridized carbons (Fsp3) is 0.632. The van der Waals surface area contributed by atoms with Crippen LogP contribution in [0.5, 0.6) is 0 Å². The van der Waals surface area contributed by atoms with Crippen molar-refractivity contribution < 1.29 is 22.7 Å². The van der Waals surface area contributed by atoms with Crippen molar-refractivity contribution in [1.82, 2.24) is 4.31 Å². The van der Waals surface area contributed by atoms with Crippen LogP contribution in [-0.2, 0) is 24.3 Å². The average molecular weight is 412 g/mol. The molecule has 2 saturated heterocycles. The summed E-state index contributed by atoms with van der Waals surface area (Å²) in [7, 11) is -3.64. The van der Waals surface area contributed by atoms with Crippen molar-refractivity contribution >= 4 is 27.3 Å². The molecular formula is C19H29N3O5S. The Bertz CT molecular complexity index is 807. The van der Waals surface area contributed by atoms with Crippen molar-refractivity contribution in [2.75, 3.05) is 62.8 Å². The normalized spacial score (nSPS) is 19.5. The van der Waals surface area contributed by atoms with Crippen LogP contribution in [0.3, 0.4) is 0 Å². The van der Waals surface area contributed by atoms with Crippen LogP contribution in [0.15, 0.2) is 23.1 Å². The van der Waals surface area contributed by atoms with Gasteiger partial charge in [0.25, 0.3) is 0 Å². The number of anilines is 2. The maximum absolute atomic E-state index is 13.0. The second-order valence-electron chi connectivity index (χ2n) is 8.00. The Hall–Kier alpha value is -1.68. The molecule has 3 rings (SSSR count). The number of amides is 1. The topological polar surface area (TPSA) is 88.2 Å². The van der Waals surface area contributed by atoms with Gasteiger partial charge in [0, 0.05) is 31.6 Å². The molecule has 1 aromatic carbocycles. The van der Waals surface area contributed by atoms with E-state index in [0.717, 1.165) is 5.69 Å². The van der Waals surface area contributed by atoms with E-state index < -0.39 is 15.4 Å². The van der Waals surface area contributed by atoms with E-state index >= 15 is 0 Å². The van der Waals surface area contributed by atoms with Crippen LogP contribution < -0.4 is 10.2 Å². The van der Waals surface area contributed by atoms with Crippen molar-refractivity contribution in [2.45, 2.75) is 25.7 Å². The van der Waals surface area contributed by atoms with Gasteiger partial charge in [-0.1, -0.05) is 20.8 Å². The molecule has 0 radical (unpaired) electrons. The molecule has 0 spiro atoms. The lowest BCUT2D eigenvalue weighted by Crippen LogP contribution is -2.40. The number of carbonyl (C=O) groups is 1. The summed E-state index contributed by atoms with van der Waals surface area (Å²) in [5, 5.41) is 2.93. The molecule has 8 nitrogen and oxygen atoms in total. The molecule has 0 unspecified atom stereocenters. The molecule has 156 valence electrons. The molecule has 0 aliphatic carbocycles. The third-order valence-electron chi connectivity index (χ3n) is 4.86. The van der Waals surface area contributed by atoms with Gasteiger partial charge in [0.15, 0.2) is 0 Å². The van der Waals surface area contributed by atoms with Crippen LogP contribution in [-0.4, -0.2) is 71.2 Å². The van der Waals surface area contributed by atoms with Gasteiger partial charge in [-0.3, -0.25) is 4.79 Å². The fourth-order valence-corrected chi connectivity index (χ4v) is 4.54. The van der Waals surface area contributed by atoms with Crippen LogP contribution >= 0.6 is 0 Å². The van der Waals surface area contributed by atoms with Gasteiger partial charge >= 0.3 is 0 Å². The molecule has 1 amide bonds. The van der Waals surface area contributed by atoms with Crippen molar-refractivity contribution in [3.8, 4) is 0 Å². The zero-order valence-electron chi connectivity index (χ0n) is 16.7. The predicted molar refractivity (Wildman–Crippen MR) is 107 cm³/mol. The highest BCUT2D eigenvalue weighted by Crippen LogP contribution is 2.32. The third-order valence-corrected chi connectivity index (χ3v) is 6.75. The molecule has 0 atom stereocenters. The Morgan fingerprint density at radius 1 is 1.00 bits per heavy atom. The van der Waals surface area contributed by atoms with Crippen molar-refractivity contribution in [2.24, 2.45) is 5.41 Å². The van der Waals surface area contributed by atoms with Gasteiger partial charge in [0.2, 0.25) is 15.9 Å². The first-order valence-corrected chi connectivity index (χ1v) is 11.0. The SMILES string of the molecule is CC(C)(C)C(=O)Nc1cc(S(=O)(=O)N2CCOCC2)ccc1N1CCOCC1. The molecular weight excluding hydrogens is 382 g/mol. The number of hydrogen-bond donors (Lipinski definition) is 1. The highest BCUT2D eigenvalue weighted by atomic mass is 32.2. The third kappa shape index (κ3) is 4.65. The number of morpholine rings is 2. The van der Waals surface area contributed by atoms with Crippen molar-refractivity contribution in [3.05, 3.63) is 18.2 Å². The number of benzene rings is 1. The summed E-state index contributed by atoms with van der Waals surface area (Å²) >= 11 is 0. The Balaban J connectivity index is 1.96. The first-order valence-electron chi connectivity index (χ1n) is 9.56. The first kappa shape index (κ1) is 21.0. The van der Waals surface area contributed by atoms with E-state index in [0.29, 0.717) is 58.3 Å². The maximum Gasteiger partial charge on any atom is 0.243 e. The second-order valence-corrected chi connectivity index (χ2v) is 9.94. The summed E-state index contributed by atoms with van der Waals surface area (Å²) in [6, 6.07) is 4.96. The number of carbonyl (C=O) groups excluding carboxylic acids is 1. The predicted octanol–water partition coefficient (Wildman–Crippen LogP) is 1.53. The van der Waals surface area contributed by atoms with E-state index in [1.54, 1.807) is 18.2 Å². The lowest BCUT2D eigenvalue weighted by atomic mass is 9.95. The van der Waals surface area contributed by atoms with Crippen molar-refractivity contribution in [3.63, 3.8) is 0 Å². The quantitative estimate of drug-likeness (QED) is 0.808. The fourth-order valence-electron chi connectivity index (χ4n) is 3.10. The van der Waals surface area contributed by atoms with Gasteiger partial charge in [-0.25, -0.2) is 8.42 Å².